The summed E-state index contributed by atoms with van der Waals surface area (Å²) in [6, 6.07) is -3.80. The van der Waals surface area contributed by atoms with Gasteiger partial charge in [-0.05, 0) is 26.2 Å². The molecule has 0 aliphatic rings. The average molecular weight is 403 g/mol. The molecule has 13 nitrogen and oxygen atoms in total. The summed E-state index contributed by atoms with van der Waals surface area (Å²) >= 11 is 0. The van der Waals surface area contributed by atoms with Crippen molar-refractivity contribution in [3.63, 3.8) is 0 Å². The first-order valence-electron chi connectivity index (χ1n) is 8.56. The average Bonchev–Trinajstić information content (AvgIpc) is 2.58. The van der Waals surface area contributed by atoms with Crippen LogP contribution >= 0.6 is 0 Å². The molecule has 0 fully saturated rings. The van der Waals surface area contributed by atoms with Crippen LogP contribution in [0.3, 0.4) is 0 Å². The highest BCUT2D eigenvalue weighted by Gasteiger charge is 2.30. The number of nitrogens with two attached hydrogens (primary N) is 4. The second-order valence-corrected chi connectivity index (χ2v) is 6.19. The Labute approximate surface area is 161 Å². The van der Waals surface area contributed by atoms with Gasteiger partial charge >= 0.3 is 5.97 Å². The number of aliphatic hydroxyl groups is 1. The molecule has 0 rings (SSSR count). The lowest BCUT2D eigenvalue weighted by Gasteiger charge is -2.23. The van der Waals surface area contributed by atoms with Gasteiger partial charge in [0, 0.05) is 13.0 Å². The number of nitrogens with zero attached hydrogens (tertiary/aromatic N) is 1. The van der Waals surface area contributed by atoms with Gasteiger partial charge in [0.05, 0.1) is 12.1 Å². The third-order valence-corrected chi connectivity index (χ3v) is 3.66. The number of aliphatic hydroxyl groups excluding tert-OH is 1. The SMILES string of the molecule is CC(O)C(NC(=O)C(CCCN=C(N)N)NC(=O)C(N)CCC(N)=O)C(=O)O. The summed E-state index contributed by atoms with van der Waals surface area (Å²) in [6.45, 7) is 1.37. The molecule has 13 heteroatoms. The maximum atomic E-state index is 12.4. The van der Waals surface area contributed by atoms with Crippen LogP contribution in [-0.4, -0.2) is 70.6 Å². The Morgan fingerprint density at radius 2 is 1.64 bits per heavy atom. The van der Waals surface area contributed by atoms with Crippen LogP contribution in [0, 0.1) is 0 Å². The first-order chi connectivity index (χ1) is 13.0. The fraction of sp³-hybridized carbons (Fsp3) is 0.667. The summed E-state index contributed by atoms with van der Waals surface area (Å²) in [7, 11) is 0. The van der Waals surface area contributed by atoms with Crippen molar-refractivity contribution >= 4 is 29.7 Å². The standard InChI is InChI=1S/C15H29N7O6/c1-7(23)11(14(27)28)22-13(26)9(3-2-6-20-15(18)19)21-12(25)8(16)4-5-10(17)24/h7-9,11,23H,2-6,16H2,1H3,(H2,17,24)(H,21,25)(H,22,26)(H,27,28)(H4,18,19,20). The number of aliphatic imine (C=N–C) groups is 1. The Balaban J connectivity index is 5.09. The van der Waals surface area contributed by atoms with E-state index in [1.54, 1.807) is 0 Å². The number of aliphatic carboxylic acids is 1. The fourth-order valence-electron chi connectivity index (χ4n) is 2.12. The van der Waals surface area contributed by atoms with Crippen molar-refractivity contribution in [1.82, 2.24) is 10.6 Å². The zero-order chi connectivity index (χ0) is 21.9. The van der Waals surface area contributed by atoms with Gasteiger partial charge in [-0.15, -0.1) is 0 Å². The van der Waals surface area contributed by atoms with Crippen molar-refractivity contribution in [3.05, 3.63) is 0 Å². The van der Waals surface area contributed by atoms with Crippen LogP contribution < -0.4 is 33.6 Å². The van der Waals surface area contributed by atoms with Gasteiger partial charge in [0.1, 0.15) is 6.04 Å². The van der Waals surface area contributed by atoms with Crippen LogP contribution in [-0.2, 0) is 19.2 Å². The molecule has 4 atom stereocenters. The molecule has 0 heterocycles. The molecule has 0 radical (unpaired) electrons. The van der Waals surface area contributed by atoms with E-state index in [4.69, 9.17) is 28.0 Å². The summed E-state index contributed by atoms with van der Waals surface area (Å²) in [4.78, 5) is 50.3. The van der Waals surface area contributed by atoms with E-state index in [2.05, 4.69) is 15.6 Å². The smallest absolute Gasteiger partial charge is 0.328 e. The molecule has 0 aromatic carbocycles. The predicted octanol–water partition coefficient (Wildman–Crippen LogP) is -3.93. The van der Waals surface area contributed by atoms with Crippen LogP contribution in [0.5, 0.6) is 0 Å². The number of nitrogens with one attached hydrogen (secondary N) is 2. The number of hydrogen-bond acceptors (Lipinski definition) is 7. The molecule has 0 aromatic heterocycles. The molecular formula is C15H29N7O6. The highest BCUT2D eigenvalue weighted by Crippen LogP contribution is 2.03. The van der Waals surface area contributed by atoms with E-state index < -0.39 is 47.9 Å². The summed E-state index contributed by atoms with van der Waals surface area (Å²) in [5.41, 5.74) is 21.1. The molecule has 0 spiro atoms. The normalized spacial score (nSPS) is 14.8. The number of amides is 3. The van der Waals surface area contributed by atoms with Gasteiger partial charge in [-0.2, -0.15) is 0 Å². The second-order valence-electron chi connectivity index (χ2n) is 6.19. The van der Waals surface area contributed by atoms with E-state index in [0.717, 1.165) is 0 Å². The maximum Gasteiger partial charge on any atom is 0.328 e. The molecule has 0 saturated carbocycles. The van der Waals surface area contributed by atoms with E-state index in [1.807, 2.05) is 0 Å². The quantitative estimate of drug-likeness (QED) is 0.0847. The van der Waals surface area contributed by atoms with Gasteiger partial charge in [-0.25, -0.2) is 4.79 Å². The highest BCUT2D eigenvalue weighted by atomic mass is 16.4. The van der Waals surface area contributed by atoms with Gasteiger partial charge < -0.3 is 43.8 Å². The van der Waals surface area contributed by atoms with Crippen molar-refractivity contribution in [2.45, 2.75) is 56.8 Å². The van der Waals surface area contributed by atoms with E-state index in [9.17, 15) is 24.3 Å². The third kappa shape index (κ3) is 10.3. The summed E-state index contributed by atoms with van der Waals surface area (Å²) in [6.07, 6.45) is -1.13. The number of carboxylic acid groups (broad SMARTS) is 1. The third-order valence-electron chi connectivity index (χ3n) is 3.66. The van der Waals surface area contributed by atoms with Crippen molar-refractivity contribution in [3.8, 4) is 0 Å². The minimum absolute atomic E-state index is 0.0189. The Kier molecular flexibility index (Phi) is 11.2. The minimum Gasteiger partial charge on any atom is -0.480 e. The fourth-order valence-corrected chi connectivity index (χ4v) is 2.12. The predicted molar refractivity (Wildman–Crippen MR) is 99.5 cm³/mol. The zero-order valence-corrected chi connectivity index (χ0v) is 15.6. The van der Waals surface area contributed by atoms with Crippen molar-refractivity contribution in [1.29, 1.82) is 0 Å². The van der Waals surface area contributed by atoms with Gasteiger partial charge in [0.2, 0.25) is 17.7 Å². The van der Waals surface area contributed by atoms with Crippen molar-refractivity contribution in [2.24, 2.45) is 27.9 Å². The Morgan fingerprint density at radius 3 is 2.11 bits per heavy atom. The molecule has 12 N–H and O–H groups in total. The molecule has 3 amide bonds. The lowest BCUT2D eigenvalue weighted by atomic mass is 10.1. The number of hydrogen-bond donors (Lipinski definition) is 8. The monoisotopic (exact) mass is 403 g/mol. The summed E-state index contributed by atoms with van der Waals surface area (Å²) in [5, 5.41) is 23.1. The second kappa shape index (κ2) is 12.5. The Bertz CT molecular complexity index is 591. The van der Waals surface area contributed by atoms with E-state index >= 15 is 0 Å². The van der Waals surface area contributed by atoms with E-state index in [-0.39, 0.29) is 31.8 Å². The van der Waals surface area contributed by atoms with Crippen LogP contribution in [0.15, 0.2) is 4.99 Å². The first-order valence-corrected chi connectivity index (χ1v) is 8.56. The lowest BCUT2D eigenvalue weighted by Crippen LogP contribution is -2.56. The summed E-state index contributed by atoms with van der Waals surface area (Å²) in [5.74, 6) is -3.75. The number of guanidine groups is 1. The van der Waals surface area contributed by atoms with Crippen LogP contribution in [0.2, 0.25) is 0 Å². The molecule has 160 valence electrons. The largest absolute Gasteiger partial charge is 0.480 e. The lowest BCUT2D eigenvalue weighted by molar-refractivity contribution is -0.145. The van der Waals surface area contributed by atoms with Crippen molar-refractivity contribution in [2.75, 3.05) is 6.54 Å². The number of rotatable bonds is 13. The molecule has 0 aliphatic carbocycles. The van der Waals surface area contributed by atoms with Crippen molar-refractivity contribution < 1.29 is 29.4 Å². The molecule has 4 unspecified atom stereocenters. The van der Waals surface area contributed by atoms with Gasteiger partial charge in [0.15, 0.2) is 12.0 Å². The van der Waals surface area contributed by atoms with E-state index in [1.165, 1.54) is 6.92 Å². The number of primary amides is 1. The molecule has 0 saturated heterocycles. The van der Waals surface area contributed by atoms with Crippen LogP contribution in [0.25, 0.3) is 0 Å². The number of carboxylic acids is 1. The molecule has 0 aromatic rings. The van der Waals surface area contributed by atoms with Crippen LogP contribution in [0.1, 0.15) is 32.6 Å². The first kappa shape index (κ1) is 25.1. The van der Waals surface area contributed by atoms with Gasteiger partial charge in [0.25, 0.3) is 0 Å². The Hall–Kier alpha value is -2.93. The molecular weight excluding hydrogens is 374 g/mol. The van der Waals surface area contributed by atoms with E-state index in [0.29, 0.717) is 6.42 Å². The van der Waals surface area contributed by atoms with Gasteiger partial charge in [-0.1, -0.05) is 0 Å². The highest BCUT2D eigenvalue weighted by molar-refractivity contribution is 5.92. The maximum absolute atomic E-state index is 12.4. The number of carbonyl (C=O) groups excluding carboxylic acids is 3. The molecule has 28 heavy (non-hydrogen) atoms. The molecule has 0 bridgehead atoms. The molecule has 0 aliphatic heterocycles. The zero-order valence-electron chi connectivity index (χ0n) is 15.6. The Morgan fingerprint density at radius 1 is 1.04 bits per heavy atom. The van der Waals surface area contributed by atoms with Gasteiger partial charge in [-0.3, -0.25) is 19.4 Å². The number of carbonyl (C=O) groups is 4. The van der Waals surface area contributed by atoms with Crippen LogP contribution in [0.4, 0.5) is 0 Å². The minimum atomic E-state index is -1.56. The summed E-state index contributed by atoms with van der Waals surface area (Å²) < 4.78 is 0. The topological polar surface area (TPSA) is 249 Å².